The number of benzene rings is 2. The fraction of sp³-hybridized carbons (Fsp3) is 0.391. The zero-order valence-corrected chi connectivity index (χ0v) is 17.3. The highest BCUT2D eigenvalue weighted by Crippen LogP contribution is 2.33. The largest absolute Gasteiger partial charge is 0.487 e. The maximum absolute atomic E-state index is 12.7. The van der Waals surface area contributed by atoms with Gasteiger partial charge in [-0.3, -0.25) is 9.59 Å². The molecule has 1 aliphatic rings. The fourth-order valence-electron chi connectivity index (χ4n) is 3.56. The van der Waals surface area contributed by atoms with Gasteiger partial charge < -0.3 is 15.0 Å². The molecule has 0 aromatic heterocycles. The number of Topliss-reactive ketones (excluding diaryl/α,β-unsaturated/α-hetero) is 1. The van der Waals surface area contributed by atoms with Crippen molar-refractivity contribution in [3.8, 4) is 5.75 Å². The maximum Gasteiger partial charge on any atom is 0.255 e. The standard InChI is InChI=1S/C23H28N2O3/c1-6-25(7-2)17-9-10-19(15(3)12-17)24-22(27)16-8-11-21-18(13-16)20(26)14-23(4,5)28-21/h8-13H,6-7,14H2,1-5H3,(H,24,27). The van der Waals surface area contributed by atoms with Crippen molar-refractivity contribution in [3.63, 3.8) is 0 Å². The highest BCUT2D eigenvalue weighted by Gasteiger charge is 2.32. The number of rotatable bonds is 5. The first-order valence-electron chi connectivity index (χ1n) is 9.77. The zero-order chi connectivity index (χ0) is 20.5. The minimum absolute atomic E-state index is 0.000608. The van der Waals surface area contributed by atoms with Gasteiger partial charge in [0.15, 0.2) is 5.78 Å². The molecular formula is C23H28N2O3. The van der Waals surface area contributed by atoms with E-state index < -0.39 is 5.60 Å². The predicted octanol–water partition coefficient (Wildman–Crippen LogP) is 4.84. The smallest absolute Gasteiger partial charge is 0.255 e. The maximum atomic E-state index is 12.7. The number of fused-ring (bicyclic) bond motifs is 1. The molecule has 148 valence electrons. The van der Waals surface area contributed by atoms with Crippen LogP contribution in [0.1, 0.15) is 60.4 Å². The Labute approximate surface area is 166 Å². The van der Waals surface area contributed by atoms with Gasteiger partial charge in [0.05, 0.1) is 12.0 Å². The van der Waals surface area contributed by atoms with Crippen LogP contribution in [0.25, 0.3) is 0 Å². The van der Waals surface area contributed by atoms with Crippen LogP contribution in [-0.4, -0.2) is 30.4 Å². The lowest BCUT2D eigenvalue weighted by molar-refractivity contribution is 0.0620. The van der Waals surface area contributed by atoms with Gasteiger partial charge in [0, 0.05) is 30.0 Å². The Balaban J connectivity index is 1.81. The number of ether oxygens (including phenoxy) is 1. The van der Waals surface area contributed by atoms with Crippen LogP contribution in [-0.2, 0) is 0 Å². The lowest BCUT2D eigenvalue weighted by Crippen LogP contribution is -2.36. The first-order valence-corrected chi connectivity index (χ1v) is 9.77. The van der Waals surface area contributed by atoms with Crippen molar-refractivity contribution >= 4 is 23.1 Å². The summed E-state index contributed by atoms with van der Waals surface area (Å²) in [4.78, 5) is 27.4. The molecule has 0 spiro atoms. The van der Waals surface area contributed by atoms with E-state index in [1.54, 1.807) is 18.2 Å². The van der Waals surface area contributed by atoms with Crippen molar-refractivity contribution < 1.29 is 14.3 Å². The van der Waals surface area contributed by atoms with Crippen LogP contribution in [0.15, 0.2) is 36.4 Å². The van der Waals surface area contributed by atoms with Crippen LogP contribution in [0, 0.1) is 6.92 Å². The third-order valence-electron chi connectivity index (χ3n) is 5.10. The molecule has 28 heavy (non-hydrogen) atoms. The predicted molar refractivity (Wildman–Crippen MR) is 113 cm³/mol. The Kier molecular flexibility index (Phi) is 5.45. The van der Waals surface area contributed by atoms with Gasteiger partial charge in [-0.15, -0.1) is 0 Å². The molecule has 1 heterocycles. The summed E-state index contributed by atoms with van der Waals surface area (Å²) >= 11 is 0. The molecule has 0 atom stereocenters. The third-order valence-corrected chi connectivity index (χ3v) is 5.10. The quantitative estimate of drug-likeness (QED) is 0.806. The zero-order valence-electron chi connectivity index (χ0n) is 17.3. The highest BCUT2D eigenvalue weighted by molar-refractivity contribution is 6.08. The second-order valence-corrected chi connectivity index (χ2v) is 7.80. The molecule has 0 fully saturated rings. The van der Waals surface area contributed by atoms with E-state index in [9.17, 15) is 9.59 Å². The minimum Gasteiger partial charge on any atom is -0.487 e. The SMILES string of the molecule is CCN(CC)c1ccc(NC(=O)c2ccc3c(c2)C(=O)CC(C)(C)O3)c(C)c1. The Bertz CT molecular complexity index is 914. The van der Waals surface area contributed by atoms with E-state index in [1.807, 2.05) is 32.9 Å². The number of anilines is 2. The molecule has 0 radical (unpaired) electrons. The second kappa shape index (κ2) is 7.66. The lowest BCUT2D eigenvalue weighted by atomic mass is 9.92. The second-order valence-electron chi connectivity index (χ2n) is 7.80. The first-order chi connectivity index (χ1) is 13.2. The van der Waals surface area contributed by atoms with Gasteiger partial charge in [0.1, 0.15) is 11.4 Å². The van der Waals surface area contributed by atoms with Crippen LogP contribution >= 0.6 is 0 Å². The molecule has 3 rings (SSSR count). The van der Waals surface area contributed by atoms with Crippen molar-refractivity contribution in [2.45, 2.75) is 46.6 Å². The van der Waals surface area contributed by atoms with E-state index in [4.69, 9.17) is 4.74 Å². The van der Waals surface area contributed by atoms with Gasteiger partial charge in [0.2, 0.25) is 0 Å². The lowest BCUT2D eigenvalue weighted by Gasteiger charge is -2.31. The highest BCUT2D eigenvalue weighted by atomic mass is 16.5. The third kappa shape index (κ3) is 4.03. The summed E-state index contributed by atoms with van der Waals surface area (Å²) in [6.07, 6.45) is 0.303. The summed E-state index contributed by atoms with van der Waals surface area (Å²) in [6, 6.07) is 11.1. The van der Waals surface area contributed by atoms with E-state index >= 15 is 0 Å². The monoisotopic (exact) mass is 380 g/mol. The van der Waals surface area contributed by atoms with Crippen molar-refractivity contribution in [2.75, 3.05) is 23.3 Å². The average Bonchev–Trinajstić information content (AvgIpc) is 2.63. The van der Waals surface area contributed by atoms with Gasteiger partial charge in [-0.25, -0.2) is 0 Å². The van der Waals surface area contributed by atoms with E-state index in [0.717, 1.165) is 30.0 Å². The van der Waals surface area contributed by atoms with Gasteiger partial charge in [-0.05, 0) is 76.6 Å². The molecule has 5 nitrogen and oxygen atoms in total. The first kappa shape index (κ1) is 19.9. The molecule has 0 aliphatic carbocycles. The van der Waals surface area contributed by atoms with Crippen molar-refractivity contribution in [1.29, 1.82) is 0 Å². The molecule has 2 aromatic rings. The van der Waals surface area contributed by atoms with Crippen LogP contribution < -0.4 is 15.0 Å². The number of hydrogen-bond acceptors (Lipinski definition) is 4. The van der Waals surface area contributed by atoms with Crippen LogP contribution in [0.2, 0.25) is 0 Å². The number of ketones is 1. The normalized spacial score (nSPS) is 14.8. The van der Waals surface area contributed by atoms with Crippen molar-refractivity contribution in [1.82, 2.24) is 0 Å². The summed E-state index contributed by atoms with van der Waals surface area (Å²) in [5.41, 5.74) is 3.31. The van der Waals surface area contributed by atoms with Crippen LogP contribution in [0.3, 0.4) is 0 Å². The molecule has 0 saturated carbocycles. The van der Waals surface area contributed by atoms with Crippen LogP contribution in [0.4, 0.5) is 11.4 Å². The summed E-state index contributed by atoms with van der Waals surface area (Å²) in [7, 11) is 0. The van der Waals surface area contributed by atoms with E-state index in [1.165, 1.54) is 0 Å². The molecular weight excluding hydrogens is 352 g/mol. The molecule has 1 N–H and O–H groups in total. The van der Waals surface area contributed by atoms with Gasteiger partial charge in [-0.2, -0.15) is 0 Å². The molecule has 1 amide bonds. The number of carbonyl (C=O) groups is 2. The Morgan fingerprint density at radius 2 is 1.86 bits per heavy atom. The molecule has 0 saturated heterocycles. The van der Waals surface area contributed by atoms with Crippen molar-refractivity contribution in [3.05, 3.63) is 53.1 Å². The number of hydrogen-bond donors (Lipinski definition) is 1. The van der Waals surface area contributed by atoms with Crippen LogP contribution in [0.5, 0.6) is 5.75 Å². The average molecular weight is 380 g/mol. The Hall–Kier alpha value is -2.82. The number of carbonyl (C=O) groups excluding carboxylic acids is 2. The van der Waals surface area contributed by atoms with Gasteiger partial charge >= 0.3 is 0 Å². The molecule has 0 bridgehead atoms. The summed E-state index contributed by atoms with van der Waals surface area (Å²) in [5, 5.41) is 2.96. The number of amides is 1. The summed E-state index contributed by atoms with van der Waals surface area (Å²) < 4.78 is 5.86. The van der Waals surface area contributed by atoms with Crippen molar-refractivity contribution in [2.24, 2.45) is 0 Å². The van der Waals surface area contributed by atoms with E-state index in [-0.39, 0.29) is 11.7 Å². The topological polar surface area (TPSA) is 58.6 Å². The molecule has 5 heteroatoms. The Morgan fingerprint density at radius 3 is 2.50 bits per heavy atom. The molecule has 1 aliphatic heterocycles. The van der Waals surface area contributed by atoms with Gasteiger partial charge in [-0.1, -0.05) is 0 Å². The van der Waals surface area contributed by atoms with E-state index in [2.05, 4.69) is 30.1 Å². The number of nitrogens with zero attached hydrogens (tertiary/aromatic N) is 1. The minimum atomic E-state index is -0.516. The summed E-state index contributed by atoms with van der Waals surface area (Å²) in [5.74, 6) is 0.303. The Morgan fingerprint density at radius 1 is 1.14 bits per heavy atom. The number of nitrogens with one attached hydrogen (secondary N) is 1. The van der Waals surface area contributed by atoms with Gasteiger partial charge in [0.25, 0.3) is 5.91 Å². The summed E-state index contributed by atoms with van der Waals surface area (Å²) in [6.45, 7) is 11.9. The number of aryl methyl sites for hydroxylation is 1. The fourth-order valence-corrected chi connectivity index (χ4v) is 3.56. The molecule has 2 aromatic carbocycles. The molecule has 0 unspecified atom stereocenters. The van der Waals surface area contributed by atoms with E-state index in [0.29, 0.717) is 23.3 Å².